The first-order chi connectivity index (χ1) is 13.8. The van der Waals surface area contributed by atoms with Gasteiger partial charge >= 0.3 is 6.03 Å². The number of ether oxygens (including phenoxy) is 1. The summed E-state index contributed by atoms with van der Waals surface area (Å²) < 4.78 is 32.4. The van der Waals surface area contributed by atoms with E-state index in [-0.39, 0.29) is 21.8 Å². The second-order valence-electron chi connectivity index (χ2n) is 5.95. The van der Waals surface area contributed by atoms with Gasteiger partial charge in [0, 0.05) is 5.92 Å². The summed E-state index contributed by atoms with van der Waals surface area (Å²) >= 11 is 12.5. The Labute approximate surface area is 182 Å². The van der Waals surface area contributed by atoms with Crippen LogP contribution in [0.4, 0.5) is 10.7 Å². The number of sulfonamides is 1. The minimum atomic E-state index is -4.27. The lowest BCUT2D eigenvalue weighted by Crippen LogP contribution is -2.35. The highest BCUT2D eigenvalue weighted by Gasteiger charge is 2.27. The van der Waals surface area contributed by atoms with Crippen molar-refractivity contribution < 1.29 is 17.9 Å². The van der Waals surface area contributed by atoms with Crippen molar-refractivity contribution in [3.8, 4) is 5.75 Å². The third-order valence-corrected chi connectivity index (χ3v) is 6.31. The number of nitrogens with one attached hydrogen (secondary N) is 2. The lowest BCUT2D eigenvalue weighted by Gasteiger charge is -2.12. The van der Waals surface area contributed by atoms with E-state index in [0.717, 1.165) is 24.1 Å². The molecule has 0 saturated heterocycles. The van der Waals surface area contributed by atoms with Gasteiger partial charge in [-0.15, -0.1) is 11.8 Å². The van der Waals surface area contributed by atoms with Crippen LogP contribution < -0.4 is 14.8 Å². The summed E-state index contributed by atoms with van der Waals surface area (Å²) in [7, 11) is -4.27. The molecule has 1 fully saturated rings. The number of thioether (sulfide) groups is 1. The molecule has 154 valence electrons. The zero-order valence-electron chi connectivity index (χ0n) is 15.1. The Morgan fingerprint density at radius 2 is 2.03 bits per heavy atom. The van der Waals surface area contributed by atoms with Crippen molar-refractivity contribution in [1.82, 2.24) is 14.7 Å². The molecule has 0 spiro atoms. The van der Waals surface area contributed by atoms with Gasteiger partial charge in [-0.2, -0.15) is 0 Å². The number of urea groups is 1. The SMILES string of the molecule is CSc1cc(C2CC2)nc(NC(=O)NS(=O)(=O)c2ccccc2OC(Cl)=CCl)n1. The first-order valence-corrected chi connectivity index (χ1v) is 11.8. The number of benzene rings is 1. The van der Waals surface area contributed by atoms with Gasteiger partial charge < -0.3 is 4.74 Å². The molecule has 0 bridgehead atoms. The zero-order chi connectivity index (χ0) is 21.0. The largest absolute Gasteiger partial charge is 0.443 e. The molecule has 1 aromatic carbocycles. The van der Waals surface area contributed by atoms with Crippen LogP contribution in [0.15, 0.2) is 51.0 Å². The Morgan fingerprint density at radius 3 is 2.69 bits per heavy atom. The van der Waals surface area contributed by atoms with Crippen molar-refractivity contribution in [2.45, 2.75) is 28.7 Å². The topological polar surface area (TPSA) is 110 Å². The van der Waals surface area contributed by atoms with E-state index in [4.69, 9.17) is 27.9 Å². The zero-order valence-corrected chi connectivity index (χ0v) is 18.2. The summed E-state index contributed by atoms with van der Waals surface area (Å²) in [5.41, 5.74) is 1.77. The fourth-order valence-electron chi connectivity index (χ4n) is 2.38. The van der Waals surface area contributed by atoms with Gasteiger partial charge in [-0.05, 0) is 48.9 Å². The minimum Gasteiger partial charge on any atom is -0.443 e. The standard InChI is InChI=1S/C17H16Cl2N4O4S2/c1-28-15-8-11(10-6-7-10)20-16(21-15)22-17(24)23-29(25,26)13-5-3-2-4-12(13)27-14(19)9-18/h2-5,8-10H,6-7H2,1H3,(H2,20,21,22,23,24). The molecule has 3 rings (SSSR count). The lowest BCUT2D eigenvalue weighted by molar-refractivity contribution is 0.256. The number of anilines is 1. The number of hydrogen-bond acceptors (Lipinski definition) is 7. The molecule has 0 radical (unpaired) electrons. The quantitative estimate of drug-likeness (QED) is 0.350. The van der Waals surface area contributed by atoms with Gasteiger partial charge in [-0.3, -0.25) is 5.32 Å². The number of halogens is 2. The third kappa shape index (κ3) is 5.75. The van der Waals surface area contributed by atoms with Crippen molar-refractivity contribution in [3.63, 3.8) is 0 Å². The number of hydrogen-bond donors (Lipinski definition) is 2. The van der Waals surface area contributed by atoms with Gasteiger partial charge in [-0.25, -0.2) is 27.9 Å². The van der Waals surface area contributed by atoms with Crippen LogP contribution in [0.25, 0.3) is 0 Å². The molecular formula is C17H16Cl2N4O4S2. The second-order valence-corrected chi connectivity index (χ2v) is 9.02. The number of amides is 2. The summed E-state index contributed by atoms with van der Waals surface area (Å²) in [5.74, 6) is 0.287. The average molecular weight is 475 g/mol. The van der Waals surface area contributed by atoms with Crippen LogP contribution >= 0.6 is 35.0 Å². The molecule has 0 unspecified atom stereocenters. The summed E-state index contributed by atoms with van der Waals surface area (Å²) in [6.07, 6.45) is 3.91. The van der Waals surface area contributed by atoms with Crippen LogP contribution in [0.5, 0.6) is 5.75 Å². The van der Waals surface area contributed by atoms with E-state index in [1.165, 1.54) is 30.0 Å². The molecule has 1 aliphatic rings. The molecule has 1 heterocycles. The van der Waals surface area contributed by atoms with Gasteiger partial charge in [0.05, 0.1) is 11.2 Å². The highest BCUT2D eigenvalue weighted by atomic mass is 35.5. The van der Waals surface area contributed by atoms with Crippen LogP contribution in [0.1, 0.15) is 24.5 Å². The fourth-order valence-corrected chi connectivity index (χ4v) is 3.96. The van der Waals surface area contributed by atoms with Gasteiger partial charge in [0.2, 0.25) is 11.2 Å². The average Bonchev–Trinajstić information content (AvgIpc) is 3.52. The van der Waals surface area contributed by atoms with Crippen LogP contribution in [0.3, 0.4) is 0 Å². The van der Waals surface area contributed by atoms with Crippen molar-refractivity contribution in [2.75, 3.05) is 11.6 Å². The molecule has 2 N–H and O–H groups in total. The summed E-state index contributed by atoms with van der Waals surface area (Å²) in [6.45, 7) is 0. The predicted octanol–water partition coefficient (Wildman–Crippen LogP) is 4.24. The van der Waals surface area contributed by atoms with Crippen molar-refractivity contribution >= 4 is 57.0 Å². The summed E-state index contributed by atoms with van der Waals surface area (Å²) in [5, 5.41) is 2.83. The third-order valence-electron chi connectivity index (χ3n) is 3.81. The molecule has 0 aliphatic heterocycles. The maximum atomic E-state index is 12.6. The van der Waals surface area contributed by atoms with E-state index in [1.54, 1.807) is 6.07 Å². The van der Waals surface area contributed by atoms with Crippen molar-refractivity contribution in [3.05, 3.63) is 46.8 Å². The number of carbonyl (C=O) groups excluding carboxylic acids is 1. The van der Waals surface area contributed by atoms with E-state index in [0.29, 0.717) is 10.9 Å². The number of rotatable bonds is 7. The van der Waals surface area contributed by atoms with Crippen molar-refractivity contribution in [1.29, 1.82) is 0 Å². The Balaban J connectivity index is 1.78. The van der Waals surface area contributed by atoms with Gasteiger partial charge in [0.25, 0.3) is 10.0 Å². The Hall–Kier alpha value is -2.01. The maximum absolute atomic E-state index is 12.6. The number of aromatic nitrogens is 2. The van der Waals surface area contributed by atoms with Gasteiger partial charge in [0.15, 0.2) is 0 Å². The summed E-state index contributed by atoms with van der Waals surface area (Å²) in [6, 6.07) is 6.53. The molecule has 1 saturated carbocycles. The van der Waals surface area contributed by atoms with Crippen LogP contribution in [0, 0.1) is 0 Å². The molecule has 12 heteroatoms. The highest BCUT2D eigenvalue weighted by Crippen LogP contribution is 2.40. The predicted molar refractivity (Wildman–Crippen MR) is 112 cm³/mol. The monoisotopic (exact) mass is 474 g/mol. The maximum Gasteiger partial charge on any atom is 0.335 e. The Bertz CT molecular complexity index is 1060. The lowest BCUT2D eigenvalue weighted by atomic mass is 10.3. The minimum absolute atomic E-state index is 0.0316. The van der Waals surface area contributed by atoms with E-state index < -0.39 is 16.1 Å². The molecule has 2 aromatic rings. The molecule has 29 heavy (non-hydrogen) atoms. The van der Waals surface area contributed by atoms with Crippen molar-refractivity contribution in [2.24, 2.45) is 0 Å². The molecular weight excluding hydrogens is 459 g/mol. The van der Waals surface area contributed by atoms with Crippen LogP contribution in [-0.4, -0.2) is 30.7 Å². The first-order valence-electron chi connectivity index (χ1n) is 8.32. The first kappa shape index (κ1) is 21.7. The number of para-hydroxylation sites is 1. The number of carbonyl (C=O) groups is 1. The second kappa shape index (κ2) is 9.21. The van der Waals surface area contributed by atoms with E-state index in [9.17, 15) is 13.2 Å². The molecule has 1 aromatic heterocycles. The highest BCUT2D eigenvalue weighted by molar-refractivity contribution is 7.98. The normalized spacial score (nSPS) is 14.4. The molecule has 8 nitrogen and oxygen atoms in total. The summed E-state index contributed by atoms with van der Waals surface area (Å²) in [4.78, 5) is 20.5. The molecule has 1 aliphatic carbocycles. The smallest absolute Gasteiger partial charge is 0.335 e. The van der Waals surface area contributed by atoms with E-state index in [1.807, 2.05) is 17.0 Å². The van der Waals surface area contributed by atoms with Crippen LogP contribution in [0.2, 0.25) is 0 Å². The van der Waals surface area contributed by atoms with E-state index >= 15 is 0 Å². The van der Waals surface area contributed by atoms with Crippen LogP contribution in [-0.2, 0) is 10.0 Å². The van der Waals surface area contributed by atoms with E-state index in [2.05, 4.69) is 15.3 Å². The van der Waals surface area contributed by atoms with Gasteiger partial charge in [-0.1, -0.05) is 23.7 Å². The molecule has 2 amide bonds. The Morgan fingerprint density at radius 1 is 1.31 bits per heavy atom. The van der Waals surface area contributed by atoms with Gasteiger partial charge in [0.1, 0.15) is 15.7 Å². The molecule has 0 atom stereocenters. The number of nitrogens with zero attached hydrogens (tertiary/aromatic N) is 2. The fraction of sp³-hybridized carbons (Fsp3) is 0.235. The Kier molecular flexibility index (Phi) is 6.89.